The molecule has 136 valence electrons. The smallest absolute Gasteiger partial charge is 0.344 e. The second kappa shape index (κ2) is 8.77. The van der Waals surface area contributed by atoms with E-state index < -0.39 is 29.5 Å². The number of rotatable bonds is 7. The van der Waals surface area contributed by atoms with E-state index in [4.69, 9.17) is 21.1 Å². The number of carbonyl (C=O) groups excluding carboxylic acids is 2. The van der Waals surface area contributed by atoms with Gasteiger partial charge in [-0.3, -0.25) is 14.9 Å². The highest BCUT2D eigenvalue weighted by Gasteiger charge is 2.20. The number of nitrogens with one attached hydrogen (secondary N) is 1. The summed E-state index contributed by atoms with van der Waals surface area (Å²) in [7, 11) is 0. The van der Waals surface area contributed by atoms with Crippen molar-refractivity contribution in [1.82, 2.24) is 4.98 Å². The van der Waals surface area contributed by atoms with E-state index in [1.807, 2.05) is 0 Å². The number of hydrogen-bond acceptors (Lipinski definition) is 7. The van der Waals surface area contributed by atoms with Gasteiger partial charge in [0.05, 0.1) is 9.95 Å². The van der Waals surface area contributed by atoms with Crippen LogP contribution >= 0.6 is 11.6 Å². The second-order valence-electron chi connectivity index (χ2n) is 5.00. The van der Waals surface area contributed by atoms with E-state index in [0.717, 1.165) is 0 Å². The van der Waals surface area contributed by atoms with Crippen LogP contribution in [0.4, 0.5) is 11.5 Å². The molecular formula is C16H14ClN3O6. The Morgan fingerprint density at radius 2 is 2.04 bits per heavy atom. The number of para-hydroxylation sites is 2. The highest BCUT2D eigenvalue weighted by molar-refractivity contribution is 6.30. The standard InChI is InChI=1S/C16H14ClN3O6/c1-10(16(22)19-14-7-6-11(17)8-18-14)26-15(21)9-25-13-5-3-2-4-12(13)20(23)24/h2-8,10H,9H2,1H3,(H,18,19,22)/t10-/m1/s1. The molecule has 0 aliphatic carbocycles. The van der Waals surface area contributed by atoms with Crippen LogP contribution in [0.15, 0.2) is 42.6 Å². The molecule has 0 fully saturated rings. The number of aromatic nitrogens is 1. The van der Waals surface area contributed by atoms with E-state index in [1.165, 1.54) is 43.5 Å². The fourth-order valence-corrected chi connectivity index (χ4v) is 1.94. The zero-order chi connectivity index (χ0) is 19.1. The fourth-order valence-electron chi connectivity index (χ4n) is 1.83. The molecule has 0 bridgehead atoms. The summed E-state index contributed by atoms with van der Waals surface area (Å²) in [6.07, 6.45) is 0.239. The van der Waals surface area contributed by atoms with Gasteiger partial charge in [-0.25, -0.2) is 9.78 Å². The first kappa shape index (κ1) is 19.1. The van der Waals surface area contributed by atoms with Crippen molar-refractivity contribution in [2.75, 3.05) is 11.9 Å². The molecule has 0 aliphatic rings. The molecule has 0 saturated carbocycles. The van der Waals surface area contributed by atoms with Crippen molar-refractivity contribution in [3.8, 4) is 5.75 Å². The van der Waals surface area contributed by atoms with Crippen molar-refractivity contribution in [1.29, 1.82) is 0 Å². The third-order valence-corrected chi connectivity index (χ3v) is 3.29. The second-order valence-corrected chi connectivity index (χ2v) is 5.43. The summed E-state index contributed by atoms with van der Waals surface area (Å²) in [4.78, 5) is 37.9. The molecule has 1 aromatic heterocycles. The number of pyridine rings is 1. The number of nitro benzene ring substituents is 1. The van der Waals surface area contributed by atoms with Crippen molar-refractivity contribution in [3.05, 3.63) is 57.7 Å². The average molecular weight is 380 g/mol. The zero-order valence-corrected chi connectivity index (χ0v) is 14.3. The van der Waals surface area contributed by atoms with E-state index in [-0.39, 0.29) is 17.3 Å². The topological polar surface area (TPSA) is 121 Å². The summed E-state index contributed by atoms with van der Waals surface area (Å²) >= 11 is 5.69. The van der Waals surface area contributed by atoms with Gasteiger partial charge in [-0.1, -0.05) is 23.7 Å². The third-order valence-electron chi connectivity index (χ3n) is 3.06. The van der Waals surface area contributed by atoms with Crippen molar-refractivity contribution in [2.45, 2.75) is 13.0 Å². The summed E-state index contributed by atoms with van der Waals surface area (Å²) in [5.74, 6) is -1.27. The average Bonchev–Trinajstić information content (AvgIpc) is 2.62. The SMILES string of the molecule is C[C@@H](OC(=O)COc1ccccc1[N+](=O)[O-])C(=O)Nc1ccc(Cl)cn1. The van der Waals surface area contributed by atoms with E-state index in [0.29, 0.717) is 5.02 Å². The summed E-state index contributed by atoms with van der Waals surface area (Å²) < 4.78 is 10.0. The molecule has 1 amide bonds. The Bertz CT molecular complexity index is 812. The van der Waals surface area contributed by atoms with Crippen molar-refractivity contribution in [2.24, 2.45) is 0 Å². The van der Waals surface area contributed by atoms with E-state index >= 15 is 0 Å². The van der Waals surface area contributed by atoms with Crippen LogP contribution in [0.1, 0.15) is 6.92 Å². The van der Waals surface area contributed by atoms with Gasteiger partial charge in [0.2, 0.25) is 0 Å². The number of anilines is 1. The molecule has 1 aromatic carbocycles. The van der Waals surface area contributed by atoms with E-state index in [2.05, 4.69) is 10.3 Å². The van der Waals surface area contributed by atoms with Crippen LogP contribution in [0.25, 0.3) is 0 Å². The monoisotopic (exact) mass is 379 g/mol. The Balaban J connectivity index is 1.86. The minimum absolute atomic E-state index is 0.0723. The number of nitro groups is 1. The highest BCUT2D eigenvalue weighted by Crippen LogP contribution is 2.25. The summed E-state index contributed by atoms with van der Waals surface area (Å²) in [6.45, 7) is 0.787. The van der Waals surface area contributed by atoms with Crippen LogP contribution in [0.3, 0.4) is 0 Å². The first-order chi connectivity index (χ1) is 12.4. The van der Waals surface area contributed by atoms with Gasteiger partial charge in [-0.15, -0.1) is 0 Å². The zero-order valence-electron chi connectivity index (χ0n) is 13.5. The lowest BCUT2D eigenvalue weighted by atomic mass is 10.3. The molecule has 9 nitrogen and oxygen atoms in total. The van der Waals surface area contributed by atoms with Gasteiger partial charge in [0.15, 0.2) is 18.5 Å². The molecule has 2 rings (SSSR count). The third kappa shape index (κ3) is 5.42. The van der Waals surface area contributed by atoms with Gasteiger partial charge in [-0.2, -0.15) is 0 Å². The maximum atomic E-state index is 12.0. The number of nitrogens with zero attached hydrogens (tertiary/aromatic N) is 2. The summed E-state index contributed by atoms with van der Waals surface area (Å²) in [5.41, 5.74) is -0.278. The van der Waals surface area contributed by atoms with Crippen molar-refractivity contribution in [3.63, 3.8) is 0 Å². The predicted molar refractivity (Wildman–Crippen MR) is 92.0 cm³/mol. The van der Waals surface area contributed by atoms with Crippen LogP contribution in [-0.2, 0) is 14.3 Å². The molecule has 0 radical (unpaired) electrons. The molecule has 10 heteroatoms. The number of esters is 1. The predicted octanol–water partition coefficient (Wildman–Crippen LogP) is 2.59. The van der Waals surface area contributed by atoms with Crippen LogP contribution < -0.4 is 10.1 Å². The first-order valence-electron chi connectivity index (χ1n) is 7.35. The van der Waals surface area contributed by atoms with E-state index in [1.54, 1.807) is 6.07 Å². The van der Waals surface area contributed by atoms with Crippen LogP contribution in [0.2, 0.25) is 5.02 Å². The van der Waals surface area contributed by atoms with Crippen molar-refractivity contribution >= 4 is 35.0 Å². The highest BCUT2D eigenvalue weighted by atomic mass is 35.5. The normalized spacial score (nSPS) is 11.3. The van der Waals surface area contributed by atoms with Crippen molar-refractivity contribution < 1.29 is 24.0 Å². The number of hydrogen-bond donors (Lipinski definition) is 1. The number of amides is 1. The Labute approximate surface area is 153 Å². The molecule has 0 aliphatic heterocycles. The molecule has 1 atom stereocenters. The molecule has 2 aromatic rings. The quantitative estimate of drug-likeness (QED) is 0.445. The van der Waals surface area contributed by atoms with Gasteiger partial charge >= 0.3 is 11.7 Å². The number of carbonyl (C=O) groups is 2. The summed E-state index contributed by atoms with van der Waals surface area (Å²) in [5, 5.41) is 13.7. The Morgan fingerprint density at radius 1 is 1.31 bits per heavy atom. The van der Waals surface area contributed by atoms with Crippen LogP contribution in [-0.4, -0.2) is 34.5 Å². The van der Waals surface area contributed by atoms with Gasteiger partial charge in [-0.05, 0) is 25.1 Å². The number of halogens is 1. The molecule has 0 spiro atoms. The van der Waals surface area contributed by atoms with Crippen LogP contribution in [0, 0.1) is 10.1 Å². The molecule has 1 heterocycles. The minimum Gasteiger partial charge on any atom is -0.475 e. The Kier molecular flexibility index (Phi) is 6.45. The largest absolute Gasteiger partial charge is 0.475 e. The maximum absolute atomic E-state index is 12.0. The van der Waals surface area contributed by atoms with Gasteiger partial charge in [0.25, 0.3) is 5.91 Å². The molecule has 0 saturated heterocycles. The lowest BCUT2D eigenvalue weighted by molar-refractivity contribution is -0.385. The lowest BCUT2D eigenvalue weighted by Gasteiger charge is -2.13. The summed E-state index contributed by atoms with van der Waals surface area (Å²) in [6, 6.07) is 8.64. The lowest BCUT2D eigenvalue weighted by Crippen LogP contribution is -2.32. The molecular weight excluding hydrogens is 366 g/mol. The van der Waals surface area contributed by atoms with Crippen LogP contribution in [0.5, 0.6) is 5.75 Å². The number of ether oxygens (including phenoxy) is 2. The fraction of sp³-hybridized carbons (Fsp3) is 0.188. The molecule has 1 N–H and O–H groups in total. The minimum atomic E-state index is -1.12. The first-order valence-corrected chi connectivity index (χ1v) is 7.72. The molecule has 26 heavy (non-hydrogen) atoms. The van der Waals surface area contributed by atoms with Gasteiger partial charge in [0.1, 0.15) is 5.82 Å². The Hall–Kier alpha value is -3.20. The molecule has 0 unspecified atom stereocenters. The maximum Gasteiger partial charge on any atom is 0.344 e. The number of benzene rings is 1. The van der Waals surface area contributed by atoms with Gasteiger partial charge < -0.3 is 14.8 Å². The van der Waals surface area contributed by atoms with E-state index in [9.17, 15) is 19.7 Å². The van der Waals surface area contributed by atoms with Gasteiger partial charge in [0, 0.05) is 12.3 Å². The Morgan fingerprint density at radius 3 is 2.69 bits per heavy atom.